The predicted molar refractivity (Wildman–Crippen MR) is 84.0 cm³/mol. The smallest absolute Gasteiger partial charge is 0.282 e. The highest BCUT2D eigenvalue weighted by Crippen LogP contribution is 2.37. The van der Waals surface area contributed by atoms with Crippen LogP contribution in [0.5, 0.6) is 5.75 Å². The van der Waals surface area contributed by atoms with E-state index in [0.717, 1.165) is 12.2 Å². The SMILES string of the molecule is Cc1cscc1-c1ccc2c(c1)CC1(COC(N)=N1)CO2. The lowest BCUT2D eigenvalue weighted by atomic mass is 9.89. The molecule has 4 rings (SSSR count). The summed E-state index contributed by atoms with van der Waals surface area (Å²) in [5.41, 5.74) is 10.3. The Morgan fingerprint density at radius 2 is 2.10 bits per heavy atom. The molecule has 1 aromatic heterocycles. The van der Waals surface area contributed by atoms with E-state index in [-0.39, 0.29) is 11.6 Å². The molecule has 2 N–H and O–H groups in total. The number of benzene rings is 1. The van der Waals surface area contributed by atoms with Crippen molar-refractivity contribution in [3.05, 3.63) is 40.1 Å². The number of aliphatic imine (C=N–C) groups is 1. The van der Waals surface area contributed by atoms with Crippen LogP contribution in [0.3, 0.4) is 0 Å². The highest BCUT2D eigenvalue weighted by molar-refractivity contribution is 7.08. The summed E-state index contributed by atoms with van der Waals surface area (Å²) in [6.45, 7) is 3.16. The van der Waals surface area contributed by atoms with E-state index in [1.165, 1.54) is 22.3 Å². The minimum absolute atomic E-state index is 0.270. The Bertz CT molecular complexity index is 738. The van der Waals surface area contributed by atoms with Crippen LogP contribution in [0.1, 0.15) is 11.1 Å². The van der Waals surface area contributed by atoms with Gasteiger partial charge in [-0.25, -0.2) is 4.99 Å². The Morgan fingerprint density at radius 1 is 1.24 bits per heavy atom. The van der Waals surface area contributed by atoms with Crippen molar-refractivity contribution >= 4 is 17.4 Å². The molecule has 2 aliphatic rings. The molecule has 0 radical (unpaired) electrons. The maximum absolute atomic E-state index is 5.87. The first-order valence-electron chi connectivity index (χ1n) is 6.92. The Kier molecular flexibility index (Phi) is 2.72. The molecule has 0 fully saturated rings. The van der Waals surface area contributed by atoms with Gasteiger partial charge in [-0.1, -0.05) is 6.07 Å². The topological polar surface area (TPSA) is 56.8 Å². The van der Waals surface area contributed by atoms with Crippen molar-refractivity contribution in [3.8, 4) is 16.9 Å². The largest absolute Gasteiger partial charge is 0.491 e. The first-order valence-corrected chi connectivity index (χ1v) is 7.87. The van der Waals surface area contributed by atoms with Crippen LogP contribution in [0.25, 0.3) is 11.1 Å². The third-order valence-electron chi connectivity index (χ3n) is 4.08. The van der Waals surface area contributed by atoms with E-state index in [0.29, 0.717) is 13.2 Å². The van der Waals surface area contributed by atoms with E-state index >= 15 is 0 Å². The summed E-state index contributed by atoms with van der Waals surface area (Å²) in [6.07, 6.45) is 0.806. The number of amidine groups is 1. The average molecular weight is 300 g/mol. The van der Waals surface area contributed by atoms with Gasteiger partial charge in [-0.2, -0.15) is 11.3 Å². The van der Waals surface area contributed by atoms with Gasteiger partial charge in [0.2, 0.25) is 0 Å². The van der Waals surface area contributed by atoms with Gasteiger partial charge in [0.05, 0.1) is 0 Å². The molecule has 1 spiro atoms. The zero-order chi connectivity index (χ0) is 14.4. The van der Waals surface area contributed by atoms with Gasteiger partial charge < -0.3 is 15.2 Å². The van der Waals surface area contributed by atoms with E-state index in [4.69, 9.17) is 15.2 Å². The van der Waals surface area contributed by atoms with Crippen LogP contribution in [0.15, 0.2) is 34.0 Å². The van der Waals surface area contributed by atoms with Crippen LogP contribution in [0.4, 0.5) is 0 Å². The van der Waals surface area contributed by atoms with E-state index in [1.807, 2.05) is 0 Å². The first kappa shape index (κ1) is 12.7. The zero-order valence-electron chi connectivity index (χ0n) is 11.8. The van der Waals surface area contributed by atoms with Gasteiger partial charge in [0.25, 0.3) is 6.02 Å². The van der Waals surface area contributed by atoms with Crippen molar-refractivity contribution in [1.29, 1.82) is 0 Å². The van der Waals surface area contributed by atoms with Gasteiger partial charge in [-0.15, -0.1) is 0 Å². The van der Waals surface area contributed by atoms with E-state index in [1.54, 1.807) is 11.3 Å². The van der Waals surface area contributed by atoms with Gasteiger partial charge >= 0.3 is 0 Å². The molecule has 1 aromatic carbocycles. The summed E-state index contributed by atoms with van der Waals surface area (Å²) in [4.78, 5) is 4.44. The molecule has 4 nitrogen and oxygen atoms in total. The molecular formula is C16H16N2O2S. The Hall–Kier alpha value is -2.01. The maximum atomic E-state index is 5.87. The number of rotatable bonds is 1. The van der Waals surface area contributed by atoms with E-state index < -0.39 is 0 Å². The van der Waals surface area contributed by atoms with E-state index in [2.05, 4.69) is 40.9 Å². The maximum Gasteiger partial charge on any atom is 0.282 e. The molecule has 2 aliphatic heterocycles. The fourth-order valence-corrected chi connectivity index (χ4v) is 3.83. The molecule has 0 bridgehead atoms. The monoisotopic (exact) mass is 300 g/mol. The Morgan fingerprint density at radius 3 is 2.81 bits per heavy atom. The summed E-state index contributed by atoms with van der Waals surface area (Å²) >= 11 is 1.73. The molecule has 1 unspecified atom stereocenters. The third-order valence-corrected chi connectivity index (χ3v) is 4.94. The Labute approximate surface area is 127 Å². The molecule has 108 valence electrons. The van der Waals surface area contributed by atoms with Crippen LogP contribution in [-0.4, -0.2) is 24.8 Å². The van der Waals surface area contributed by atoms with Gasteiger partial charge in [0.1, 0.15) is 24.5 Å². The van der Waals surface area contributed by atoms with Gasteiger partial charge in [-0.3, -0.25) is 0 Å². The standard InChI is InChI=1S/C16H16N2O2S/c1-10-6-21-7-13(10)11-2-3-14-12(4-11)5-16(8-19-14)9-20-15(17)18-16/h2-4,6-7H,5,8-9H2,1H3,(H2,17,18). The number of nitrogens with two attached hydrogens (primary N) is 1. The molecule has 21 heavy (non-hydrogen) atoms. The van der Waals surface area contributed by atoms with Crippen LogP contribution >= 0.6 is 11.3 Å². The number of hydrogen-bond acceptors (Lipinski definition) is 5. The summed E-state index contributed by atoms with van der Waals surface area (Å²) in [5.74, 6) is 0.943. The van der Waals surface area contributed by atoms with Gasteiger partial charge in [0, 0.05) is 6.42 Å². The molecule has 1 atom stereocenters. The second-order valence-corrected chi connectivity index (χ2v) is 6.46. The predicted octanol–water partition coefficient (Wildman–Crippen LogP) is 2.74. The Balaban J connectivity index is 1.73. The van der Waals surface area contributed by atoms with E-state index in [9.17, 15) is 0 Å². The van der Waals surface area contributed by atoms with Crippen LogP contribution in [0, 0.1) is 6.92 Å². The highest BCUT2D eigenvalue weighted by atomic mass is 32.1. The summed E-state index contributed by atoms with van der Waals surface area (Å²) in [5, 5.41) is 4.36. The minimum atomic E-state index is -0.348. The molecule has 5 heteroatoms. The molecule has 0 amide bonds. The molecule has 0 saturated carbocycles. The molecule has 0 aliphatic carbocycles. The zero-order valence-corrected chi connectivity index (χ0v) is 12.6. The number of fused-ring (bicyclic) bond motifs is 1. The van der Waals surface area contributed by atoms with Crippen LogP contribution < -0.4 is 10.5 Å². The lowest BCUT2D eigenvalue weighted by molar-refractivity contribution is 0.153. The van der Waals surface area contributed by atoms with Crippen LogP contribution in [-0.2, 0) is 11.2 Å². The van der Waals surface area contributed by atoms with Gasteiger partial charge in [-0.05, 0) is 52.1 Å². The number of ether oxygens (including phenoxy) is 2. The number of hydrogen-bond donors (Lipinski definition) is 1. The lowest BCUT2D eigenvalue weighted by Crippen LogP contribution is -2.41. The second-order valence-electron chi connectivity index (χ2n) is 5.72. The minimum Gasteiger partial charge on any atom is -0.491 e. The van der Waals surface area contributed by atoms with Gasteiger partial charge in [0.15, 0.2) is 0 Å². The molecule has 0 saturated heterocycles. The third kappa shape index (κ3) is 2.08. The van der Waals surface area contributed by atoms with Crippen molar-refractivity contribution in [2.75, 3.05) is 13.2 Å². The van der Waals surface area contributed by atoms with Crippen molar-refractivity contribution in [1.82, 2.24) is 0 Å². The number of nitrogens with zero attached hydrogens (tertiary/aromatic N) is 1. The van der Waals surface area contributed by atoms with Crippen molar-refractivity contribution < 1.29 is 9.47 Å². The fraction of sp³-hybridized carbons (Fsp3) is 0.312. The molecule has 3 heterocycles. The number of aryl methyl sites for hydroxylation is 1. The lowest BCUT2D eigenvalue weighted by Gasteiger charge is -2.30. The number of thiophene rings is 1. The van der Waals surface area contributed by atoms with Crippen molar-refractivity contribution in [2.45, 2.75) is 18.9 Å². The summed E-state index contributed by atoms with van der Waals surface area (Å²) < 4.78 is 11.2. The normalized spacial score (nSPS) is 23.4. The average Bonchev–Trinajstić information content (AvgIpc) is 3.05. The van der Waals surface area contributed by atoms with Crippen molar-refractivity contribution in [3.63, 3.8) is 0 Å². The first-order chi connectivity index (χ1) is 10.2. The summed E-state index contributed by atoms with van der Waals surface area (Å²) in [6, 6.07) is 6.65. The summed E-state index contributed by atoms with van der Waals surface area (Å²) in [7, 11) is 0. The highest BCUT2D eigenvalue weighted by Gasteiger charge is 2.41. The fourth-order valence-electron chi connectivity index (χ4n) is 2.97. The van der Waals surface area contributed by atoms with Crippen molar-refractivity contribution in [2.24, 2.45) is 10.7 Å². The quantitative estimate of drug-likeness (QED) is 0.881. The molecular weight excluding hydrogens is 284 g/mol. The van der Waals surface area contributed by atoms with Crippen LogP contribution in [0.2, 0.25) is 0 Å². The molecule has 2 aromatic rings. The second kappa shape index (κ2) is 4.49.